The third-order valence-corrected chi connectivity index (χ3v) is 7.42. The van der Waals surface area contributed by atoms with Gasteiger partial charge in [0.25, 0.3) is 5.91 Å². The summed E-state index contributed by atoms with van der Waals surface area (Å²) in [5.74, 6) is -0.127. The number of carbonyl (C=O) groups is 1. The normalized spacial score (nSPS) is 16.8. The van der Waals surface area contributed by atoms with Gasteiger partial charge in [0.1, 0.15) is 11.2 Å². The van der Waals surface area contributed by atoms with E-state index in [-0.39, 0.29) is 11.6 Å². The highest BCUT2D eigenvalue weighted by Gasteiger charge is 2.23. The fourth-order valence-electron chi connectivity index (χ4n) is 5.36. The van der Waals surface area contributed by atoms with E-state index >= 15 is 0 Å². The number of amides is 1. The molecule has 2 aromatic heterocycles. The number of pyridine rings is 1. The summed E-state index contributed by atoms with van der Waals surface area (Å²) in [6, 6.07) is 8.54. The monoisotopic (exact) mass is 504 g/mol. The number of rotatable bonds is 9. The van der Waals surface area contributed by atoms with Crippen molar-refractivity contribution in [1.82, 2.24) is 24.9 Å². The first kappa shape index (κ1) is 25.4. The quantitative estimate of drug-likeness (QED) is 0.418. The van der Waals surface area contributed by atoms with E-state index in [2.05, 4.69) is 32.8 Å². The maximum Gasteiger partial charge on any atom is 0.280 e. The molecule has 9 nitrogen and oxygen atoms in total. The zero-order chi connectivity index (χ0) is 25.6. The summed E-state index contributed by atoms with van der Waals surface area (Å²) in [5.41, 5.74) is 4.74. The first-order valence-electron chi connectivity index (χ1n) is 13.5. The maximum atomic E-state index is 13.2. The Hall–Kier alpha value is -3.30. The third-order valence-electron chi connectivity index (χ3n) is 7.42. The van der Waals surface area contributed by atoms with Crippen molar-refractivity contribution in [1.29, 1.82) is 0 Å². The van der Waals surface area contributed by atoms with E-state index in [0.29, 0.717) is 23.6 Å². The van der Waals surface area contributed by atoms with Crippen molar-refractivity contribution in [2.75, 3.05) is 31.6 Å². The van der Waals surface area contributed by atoms with Gasteiger partial charge in [0.2, 0.25) is 11.4 Å². The van der Waals surface area contributed by atoms with E-state index in [4.69, 9.17) is 9.82 Å². The molecule has 9 heteroatoms. The molecule has 1 aliphatic carbocycles. The van der Waals surface area contributed by atoms with Gasteiger partial charge in [-0.3, -0.25) is 14.4 Å². The van der Waals surface area contributed by atoms with Crippen LogP contribution in [0, 0.1) is 0 Å². The fraction of sp³-hybridized carbons (Fsp3) is 0.500. The lowest BCUT2D eigenvalue weighted by atomic mass is 9.95. The summed E-state index contributed by atoms with van der Waals surface area (Å²) in [5, 5.41) is 3.62. The number of likely N-dealkylation sites (tertiary alicyclic amines) is 1. The fourth-order valence-corrected chi connectivity index (χ4v) is 5.36. The lowest BCUT2D eigenvalue weighted by molar-refractivity contribution is 0.0363. The van der Waals surface area contributed by atoms with Crippen molar-refractivity contribution in [3.63, 3.8) is 0 Å². The second kappa shape index (κ2) is 11.8. The van der Waals surface area contributed by atoms with Crippen molar-refractivity contribution < 1.29 is 9.63 Å². The second-order valence-corrected chi connectivity index (χ2v) is 9.99. The third kappa shape index (κ3) is 5.99. The molecule has 196 valence electrons. The Morgan fingerprint density at radius 1 is 1.08 bits per heavy atom. The molecular formula is C28H36N6O3. The number of anilines is 2. The molecule has 0 bridgehead atoms. The standard InChI is InChI=1S/C28H36N6O3/c1-2-37-32-27(36)24-19-34(22-8-4-3-5-9-22)26-23(25(24)35)18-29-28(31-26)30-21-12-10-20(11-13-21)14-17-33-15-6-7-16-33/h10-13,18-19,22H,2-9,14-17H2,1H3,(H,32,36)(H,29,30,31). The van der Waals surface area contributed by atoms with Crippen LogP contribution < -0.4 is 16.2 Å². The molecule has 1 saturated heterocycles. The van der Waals surface area contributed by atoms with Crippen LogP contribution >= 0.6 is 0 Å². The number of hydrogen-bond donors (Lipinski definition) is 2. The number of nitrogens with zero attached hydrogens (tertiary/aromatic N) is 4. The molecule has 0 unspecified atom stereocenters. The molecule has 1 aliphatic heterocycles. The maximum absolute atomic E-state index is 13.2. The molecule has 0 radical (unpaired) electrons. The van der Waals surface area contributed by atoms with Gasteiger partial charge < -0.3 is 14.8 Å². The van der Waals surface area contributed by atoms with Crippen molar-refractivity contribution in [2.24, 2.45) is 0 Å². The van der Waals surface area contributed by atoms with E-state index in [1.165, 1.54) is 44.1 Å². The molecule has 5 rings (SSSR count). The van der Waals surface area contributed by atoms with Crippen LogP contribution in [0.3, 0.4) is 0 Å². The number of nitrogens with one attached hydrogen (secondary N) is 2. The topological polar surface area (TPSA) is 101 Å². The van der Waals surface area contributed by atoms with Gasteiger partial charge in [0.15, 0.2) is 0 Å². The molecule has 1 amide bonds. The molecule has 0 atom stereocenters. The molecule has 3 aromatic rings. The Balaban J connectivity index is 1.40. The molecule has 1 aromatic carbocycles. The number of aromatic nitrogens is 3. The highest BCUT2D eigenvalue weighted by molar-refractivity contribution is 5.96. The van der Waals surface area contributed by atoms with Crippen molar-refractivity contribution >= 4 is 28.6 Å². The predicted molar refractivity (Wildman–Crippen MR) is 144 cm³/mol. The summed E-state index contributed by atoms with van der Waals surface area (Å²) in [7, 11) is 0. The highest BCUT2D eigenvalue weighted by atomic mass is 16.6. The number of hydroxylamine groups is 1. The summed E-state index contributed by atoms with van der Waals surface area (Å²) in [6.45, 7) is 5.61. The SMILES string of the molecule is CCONC(=O)c1cn(C2CCCCC2)c2nc(Nc3ccc(CCN4CCCC4)cc3)ncc2c1=O. The van der Waals surface area contributed by atoms with Crippen LogP contribution in [0.15, 0.2) is 41.5 Å². The van der Waals surface area contributed by atoms with Crippen LogP contribution in [0.25, 0.3) is 11.0 Å². The minimum absolute atomic E-state index is 0.0420. The van der Waals surface area contributed by atoms with Crippen molar-refractivity contribution in [3.05, 3.63) is 58.0 Å². The lowest BCUT2D eigenvalue weighted by Crippen LogP contribution is -2.31. The molecule has 1 saturated carbocycles. The first-order valence-corrected chi connectivity index (χ1v) is 13.5. The molecule has 2 aliphatic rings. The van der Waals surface area contributed by atoms with E-state index in [0.717, 1.165) is 44.3 Å². The summed E-state index contributed by atoms with van der Waals surface area (Å²) >= 11 is 0. The Kier molecular flexibility index (Phi) is 8.11. The first-order chi connectivity index (χ1) is 18.1. The molecule has 0 spiro atoms. The van der Waals surface area contributed by atoms with Crippen LogP contribution in [-0.4, -0.2) is 51.6 Å². The van der Waals surface area contributed by atoms with Crippen LogP contribution in [0.4, 0.5) is 11.6 Å². The van der Waals surface area contributed by atoms with Crippen LogP contribution in [-0.2, 0) is 11.3 Å². The van der Waals surface area contributed by atoms with Gasteiger partial charge in [0, 0.05) is 30.7 Å². The van der Waals surface area contributed by atoms with Crippen LogP contribution in [0.5, 0.6) is 0 Å². The molecule has 2 N–H and O–H groups in total. The van der Waals surface area contributed by atoms with Crippen LogP contribution in [0.2, 0.25) is 0 Å². The smallest absolute Gasteiger partial charge is 0.280 e. The van der Waals surface area contributed by atoms with Gasteiger partial charge in [-0.1, -0.05) is 31.4 Å². The molecule has 2 fully saturated rings. The molecular weight excluding hydrogens is 468 g/mol. The number of benzene rings is 1. The largest absolute Gasteiger partial charge is 0.328 e. The number of fused-ring (bicyclic) bond motifs is 1. The highest BCUT2D eigenvalue weighted by Crippen LogP contribution is 2.30. The van der Waals surface area contributed by atoms with E-state index in [1.807, 2.05) is 16.7 Å². The Labute approximate surface area is 217 Å². The van der Waals surface area contributed by atoms with Crippen molar-refractivity contribution in [3.8, 4) is 0 Å². The molecule has 3 heterocycles. The zero-order valence-corrected chi connectivity index (χ0v) is 21.5. The zero-order valence-electron chi connectivity index (χ0n) is 21.5. The lowest BCUT2D eigenvalue weighted by Gasteiger charge is -2.26. The van der Waals surface area contributed by atoms with Gasteiger partial charge in [-0.25, -0.2) is 10.5 Å². The van der Waals surface area contributed by atoms with Crippen molar-refractivity contribution in [2.45, 2.75) is 64.3 Å². The minimum Gasteiger partial charge on any atom is -0.328 e. The van der Waals surface area contributed by atoms with E-state index in [9.17, 15) is 9.59 Å². The Bertz CT molecular complexity index is 1280. The van der Waals surface area contributed by atoms with E-state index in [1.54, 1.807) is 13.1 Å². The summed E-state index contributed by atoms with van der Waals surface area (Å²) in [4.78, 5) is 42.6. The average Bonchev–Trinajstić information content (AvgIpc) is 3.46. The number of carbonyl (C=O) groups excluding carboxylic acids is 1. The summed E-state index contributed by atoms with van der Waals surface area (Å²) < 4.78 is 1.99. The van der Waals surface area contributed by atoms with E-state index < -0.39 is 11.3 Å². The Morgan fingerprint density at radius 3 is 2.57 bits per heavy atom. The molecule has 37 heavy (non-hydrogen) atoms. The minimum atomic E-state index is -0.551. The number of hydrogen-bond acceptors (Lipinski definition) is 7. The second-order valence-electron chi connectivity index (χ2n) is 9.99. The van der Waals surface area contributed by atoms with Crippen LogP contribution in [0.1, 0.15) is 73.8 Å². The summed E-state index contributed by atoms with van der Waals surface area (Å²) in [6.07, 6.45) is 12.2. The Morgan fingerprint density at radius 2 is 1.84 bits per heavy atom. The average molecular weight is 505 g/mol. The van der Waals surface area contributed by atoms with Gasteiger partial charge in [-0.05, 0) is 69.8 Å². The van der Waals surface area contributed by atoms with Gasteiger partial charge >= 0.3 is 0 Å². The predicted octanol–water partition coefficient (Wildman–Crippen LogP) is 4.36. The van der Waals surface area contributed by atoms with Gasteiger partial charge in [0.05, 0.1) is 12.0 Å². The van der Waals surface area contributed by atoms with Gasteiger partial charge in [-0.2, -0.15) is 4.98 Å². The van der Waals surface area contributed by atoms with Gasteiger partial charge in [-0.15, -0.1) is 0 Å².